The summed E-state index contributed by atoms with van der Waals surface area (Å²) in [6.45, 7) is 2.87. The molecule has 7 heteroatoms. The Morgan fingerprint density at radius 2 is 2.04 bits per heavy atom. The van der Waals surface area contributed by atoms with Gasteiger partial charge in [-0.1, -0.05) is 12.1 Å². The van der Waals surface area contributed by atoms with Gasteiger partial charge in [-0.2, -0.15) is 0 Å². The largest absolute Gasteiger partial charge is 0.493 e. The van der Waals surface area contributed by atoms with E-state index in [1.165, 1.54) is 0 Å². The molecule has 1 saturated heterocycles. The first kappa shape index (κ1) is 18.4. The highest BCUT2D eigenvalue weighted by Crippen LogP contribution is 2.31. The predicted molar refractivity (Wildman–Crippen MR) is 106 cm³/mol. The summed E-state index contributed by atoms with van der Waals surface area (Å²) in [6.07, 6.45) is 9.56. The first-order chi connectivity index (χ1) is 13.7. The van der Waals surface area contributed by atoms with E-state index in [1.54, 1.807) is 13.3 Å². The van der Waals surface area contributed by atoms with E-state index in [1.807, 2.05) is 49.9 Å². The summed E-state index contributed by atoms with van der Waals surface area (Å²) in [5, 5.41) is 0. The van der Waals surface area contributed by atoms with Crippen LogP contribution in [0.1, 0.15) is 30.3 Å². The minimum absolute atomic E-state index is 0.336. The number of hydrogen-bond donors (Lipinski definition) is 0. The molecule has 1 aliphatic heterocycles. The van der Waals surface area contributed by atoms with E-state index in [-0.39, 0.29) is 0 Å². The van der Waals surface area contributed by atoms with Crippen LogP contribution in [0, 0.1) is 0 Å². The molecule has 7 nitrogen and oxygen atoms in total. The first-order valence-electron chi connectivity index (χ1n) is 9.54. The lowest BCUT2D eigenvalue weighted by Crippen LogP contribution is -2.35. The van der Waals surface area contributed by atoms with Crippen LogP contribution in [0.25, 0.3) is 0 Å². The molecule has 0 unspecified atom stereocenters. The zero-order valence-electron chi connectivity index (χ0n) is 16.3. The van der Waals surface area contributed by atoms with Crippen LogP contribution in [0.3, 0.4) is 0 Å². The van der Waals surface area contributed by atoms with Crippen molar-refractivity contribution in [2.45, 2.75) is 25.3 Å². The highest BCUT2D eigenvalue weighted by molar-refractivity contribution is 5.41. The first-order valence-corrected chi connectivity index (χ1v) is 9.54. The second-order valence-electron chi connectivity index (χ2n) is 7.06. The van der Waals surface area contributed by atoms with E-state index in [9.17, 15) is 0 Å². The van der Waals surface area contributed by atoms with Gasteiger partial charge in [0.25, 0.3) is 0 Å². The van der Waals surface area contributed by atoms with Crippen molar-refractivity contribution in [3.05, 3.63) is 60.6 Å². The Hall–Kier alpha value is -2.93. The third-order valence-electron chi connectivity index (χ3n) is 5.12. The van der Waals surface area contributed by atoms with Crippen molar-refractivity contribution in [1.29, 1.82) is 0 Å². The van der Waals surface area contributed by atoms with Crippen molar-refractivity contribution in [1.82, 2.24) is 24.4 Å². The van der Waals surface area contributed by atoms with Crippen LogP contribution in [-0.2, 0) is 13.6 Å². The van der Waals surface area contributed by atoms with Gasteiger partial charge >= 0.3 is 0 Å². The fourth-order valence-corrected chi connectivity index (χ4v) is 3.61. The standard InChI is InChI=1S/C21H25N5O2/c1-25-11-9-23-20(25)15-26-10-5-6-16(14-26)17-12-22-13-21(24-17)28-19-8-4-3-7-18(19)27-2/h3-4,7-9,11-13,16H,5-6,10,14-15H2,1-2H3/t16-/m1/s1. The summed E-state index contributed by atoms with van der Waals surface area (Å²) in [4.78, 5) is 16.0. The van der Waals surface area contributed by atoms with Crippen LogP contribution < -0.4 is 9.47 Å². The zero-order valence-corrected chi connectivity index (χ0v) is 16.3. The van der Waals surface area contributed by atoms with Gasteiger partial charge in [-0.3, -0.25) is 9.88 Å². The normalized spacial score (nSPS) is 17.4. The number of methoxy groups -OCH3 is 1. The summed E-state index contributed by atoms with van der Waals surface area (Å²) >= 11 is 0. The van der Waals surface area contributed by atoms with Gasteiger partial charge in [-0.05, 0) is 31.5 Å². The van der Waals surface area contributed by atoms with Gasteiger partial charge in [0.05, 0.1) is 25.5 Å². The molecule has 28 heavy (non-hydrogen) atoms. The smallest absolute Gasteiger partial charge is 0.238 e. The number of benzene rings is 1. The molecule has 1 atom stereocenters. The number of para-hydroxylation sites is 2. The molecular weight excluding hydrogens is 354 g/mol. The van der Waals surface area contributed by atoms with Gasteiger partial charge in [0.15, 0.2) is 11.5 Å². The average molecular weight is 379 g/mol. The Balaban J connectivity index is 1.47. The van der Waals surface area contributed by atoms with Crippen LogP contribution in [0.4, 0.5) is 0 Å². The number of rotatable bonds is 6. The second kappa shape index (κ2) is 8.39. The van der Waals surface area contributed by atoms with E-state index in [0.29, 0.717) is 23.3 Å². The van der Waals surface area contributed by atoms with Crippen LogP contribution >= 0.6 is 0 Å². The molecule has 3 aromatic rings. The number of likely N-dealkylation sites (tertiary alicyclic amines) is 1. The van der Waals surface area contributed by atoms with Gasteiger partial charge < -0.3 is 14.0 Å². The Labute approximate surface area is 165 Å². The Kier molecular flexibility index (Phi) is 5.53. The maximum Gasteiger partial charge on any atom is 0.238 e. The van der Waals surface area contributed by atoms with Gasteiger partial charge in [-0.15, -0.1) is 0 Å². The van der Waals surface area contributed by atoms with Crippen molar-refractivity contribution in [2.75, 3.05) is 20.2 Å². The minimum Gasteiger partial charge on any atom is -0.493 e. The monoisotopic (exact) mass is 379 g/mol. The molecule has 0 bridgehead atoms. The van der Waals surface area contributed by atoms with Gasteiger partial charge in [0.1, 0.15) is 5.82 Å². The van der Waals surface area contributed by atoms with Crippen LogP contribution in [-0.4, -0.2) is 44.6 Å². The molecule has 0 spiro atoms. The lowest BCUT2D eigenvalue weighted by Gasteiger charge is -2.32. The van der Waals surface area contributed by atoms with Crippen molar-refractivity contribution in [3.63, 3.8) is 0 Å². The fraction of sp³-hybridized carbons (Fsp3) is 0.381. The molecule has 0 amide bonds. The fourth-order valence-electron chi connectivity index (χ4n) is 3.61. The quantitative estimate of drug-likeness (QED) is 0.654. The number of hydrogen-bond acceptors (Lipinski definition) is 6. The molecule has 4 rings (SSSR count). The van der Waals surface area contributed by atoms with E-state index in [0.717, 1.165) is 44.0 Å². The maximum absolute atomic E-state index is 5.93. The molecule has 0 aliphatic carbocycles. The van der Waals surface area contributed by atoms with Crippen molar-refractivity contribution >= 4 is 0 Å². The number of ether oxygens (including phenoxy) is 2. The lowest BCUT2D eigenvalue weighted by atomic mass is 9.95. The number of nitrogens with zero attached hydrogens (tertiary/aromatic N) is 5. The highest BCUT2D eigenvalue weighted by atomic mass is 16.5. The summed E-state index contributed by atoms with van der Waals surface area (Å²) < 4.78 is 13.4. The number of aryl methyl sites for hydroxylation is 1. The van der Waals surface area contributed by atoms with Crippen LogP contribution in [0.15, 0.2) is 49.1 Å². The zero-order chi connectivity index (χ0) is 19.3. The van der Waals surface area contributed by atoms with Gasteiger partial charge in [0.2, 0.25) is 5.88 Å². The molecule has 0 radical (unpaired) electrons. The molecular formula is C21H25N5O2. The van der Waals surface area contributed by atoms with Crippen LogP contribution in [0.2, 0.25) is 0 Å². The number of aromatic nitrogens is 4. The summed E-state index contributed by atoms with van der Waals surface area (Å²) in [5.74, 6) is 3.22. The molecule has 146 valence electrons. The molecule has 2 aromatic heterocycles. The Bertz CT molecular complexity index is 926. The average Bonchev–Trinajstić information content (AvgIpc) is 3.13. The molecule has 1 aliphatic rings. The third-order valence-corrected chi connectivity index (χ3v) is 5.12. The van der Waals surface area contributed by atoms with Crippen molar-refractivity contribution < 1.29 is 9.47 Å². The van der Waals surface area contributed by atoms with Crippen molar-refractivity contribution in [3.8, 4) is 17.4 Å². The van der Waals surface area contributed by atoms with Crippen molar-refractivity contribution in [2.24, 2.45) is 7.05 Å². The summed E-state index contributed by atoms with van der Waals surface area (Å²) in [5.41, 5.74) is 0.969. The Morgan fingerprint density at radius 3 is 2.82 bits per heavy atom. The second-order valence-corrected chi connectivity index (χ2v) is 7.06. The van der Waals surface area contributed by atoms with E-state index < -0.39 is 0 Å². The highest BCUT2D eigenvalue weighted by Gasteiger charge is 2.24. The lowest BCUT2D eigenvalue weighted by molar-refractivity contribution is 0.192. The molecule has 3 heterocycles. The Morgan fingerprint density at radius 1 is 1.18 bits per heavy atom. The van der Waals surface area contributed by atoms with Crippen LogP contribution in [0.5, 0.6) is 17.4 Å². The van der Waals surface area contributed by atoms with E-state index in [4.69, 9.17) is 14.5 Å². The molecule has 1 aromatic carbocycles. The molecule has 0 saturated carbocycles. The molecule has 1 fully saturated rings. The maximum atomic E-state index is 5.93. The summed E-state index contributed by atoms with van der Waals surface area (Å²) in [7, 11) is 3.66. The van der Waals surface area contributed by atoms with Gasteiger partial charge in [-0.25, -0.2) is 9.97 Å². The topological polar surface area (TPSA) is 65.3 Å². The third kappa shape index (κ3) is 4.14. The van der Waals surface area contributed by atoms with Gasteiger partial charge in [0, 0.05) is 38.1 Å². The van der Waals surface area contributed by atoms with E-state index >= 15 is 0 Å². The number of imidazole rings is 1. The molecule has 0 N–H and O–H groups in total. The van der Waals surface area contributed by atoms with E-state index in [2.05, 4.69) is 19.4 Å². The predicted octanol–water partition coefficient (Wildman–Crippen LogP) is 3.39. The SMILES string of the molecule is COc1ccccc1Oc1cncc([C@@H]2CCCN(Cc3nccn3C)C2)n1. The number of piperidine rings is 1. The minimum atomic E-state index is 0.336. The summed E-state index contributed by atoms with van der Waals surface area (Å²) in [6, 6.07) is 7.55.